The van der Waals surface area contributed by atoms with Crippen LogP contribution < -0.4 is 15.4 Å². The maximum absolute atomic E-state index is 5.75. The minimum Gasteiger partial charge on any atom is -0.478 e. The van der Waals surface area contributed by atoms with Crippen molar-refractivity contribution in [1.29, 1.82) is 0 Å². The van der Waals surface area contributed by atoms with Crippen molar-refractivity contribution in [3.8, 4) is 5.88 Å². The summed E-state index contributed by atoms with van der Waals surface area (Å²) in [6.07, 6.45) is 0.197. The molecule has 1 aromatic heterocycles. The number of aryl methyl sites for hydroxylation is 1. The molecule has 2 rings (SSSR count). The molecule has 1 saturated heterocycles. The van der Waals surface area contributed by atoms with Crippen LogP contribution in [-0.2, 0) is 4.74 Å². The van der Waals surface area contributed by atoms with Gasteiger partial charge in [0, 0.05) is 25.7 Å². The molecule has 0 amide bonds. The van der Waals surface area contributed by atoms with Crippen molar-refractivity contribution in [2.24, 2.45) is 5.73 Å². The molecule has 2 atom stereocenters. The minimum atomic E-state index is 0.0505. The Morgan fingerprint density at radius 2 is 2.26 bits per heavy atom. The summed E-state index contributed by atoms with van der Waals surface area (Å²) in [4.78, 5) is 10.9. The third kappa shape index (κ3) is 3.54. The molecule has 1 fully saturated rings. The molecule has 0 aliphatic carbocycles. The minimum absolute atomic E-state index is 0.0505. The first-order chi connectivity index (χ1) is 9.12. The second-order valence-corrected chi connectivity index (χ2v) is 4.75. The smallest absolute Gasteiger partial charge is 0.218 e. The third-order valence-electron chi connectivity index (χ3n) is 3.01. The number of nitrogens with zero attached hydrogens (tertiary/aromatic N) is 3. The predicted molar refractivity (Wildman–Crippen MR) is 73.5 cm³/mol. The summed E-state index contributed by atoms with van der Waals surface area (Å²) in [5, 5.41) is 0. The zero-order chi connectivity index (χ0) is 13.8. The van der Waals surface area contributed by atoms with Crippen molar-refractivity contribution in [3.63, 3.8) is 0 Å². The molecule has 0 bridgehead atoms. The van der Waals surface area contributed by atoms with Crippen molar-refractivity contribution in [1.82, 2.24) is 9.97 Å². The van der Waals surface area contributed by atoms with Crippen LogP contribution in [0, 0.1) is 6.92 Å². The van der Waals surface area contributed by atoms with E-state index >= 15 is 0 Å². The fourth-order valence-electron chi connectivity index (χ4n) is 2.27. The quantitative estimate of drug-likeness (QED) is 0.866. The molecule has 19 heavy (non-hydrogen) atoms. The van der Waals surface area contributed by atoms with Gasteiger partial charge in [0.1, 0.15) is 11.6 Å². The van der Waals surface area contributed by atoms with Crippen LogP contribution >= 0.6 is 0 Å². The van der Waals surface area contributed by atoms with Gasteiger partial charge in [-0.2, -0.15) is 4.98 Å². The van der Waals surface area contributed by atoms with Crippen LogP contribution in [0.15, 0.2) is 6.07 Å². The van der Waals surface area contributed by atoms with Crippen LogP contribution in [0.2, 0.25) is 0 Å². The number of aromatic nitrogens is 2. The number of ether oxygens (including phenoxy) is 2. The second-order valence-electron chi connectivity index (χ2n) is 4.75. The van der Waals surface area contributed by atoms with Gasteiger partial charge in [0.15, 0.2) is 0 Å². The summed E-state index contributed by atoms with van der Waals surface area (Å²) < 4.78 is 11.2. The summed E-state index contributed by atoms with van der Waals surface area (Å²) in [6, 6.07) is 1.88. The Labute approximate surface area is 113 Å². The van der Waals surface area contributed by atoms with Crippen molar-refractivity contribution in [3.05, 3.63) is 11.9 Å². The van der Waals surface area contributed by atoms with E-state index in [9.17, 15) is 0 Å². The number of anilines is 1. The molecule has 0 aromatic carbocycles. The van der Waals surface area contributed by atoms with Crippen LogP contribution in [0.3, 0.4) is 0 Å². The summed E-state index contributed by atoms with van der Waals surface area (Å²) in [7, 11) is 0. The maximum Gasteiger partial charge on any atom is 0.218 e. The molecule has 0 radical (unpaired) electrons. The van der Waals surface area contributed by atoms with Gasteiger partial charge in [0.05, 0.1) is 18.8 Å². The van der Waals surface area contributed by atoms with Gasteiger partial charge in [-0.1, -0.05) is 0 Å². The highest BCUT2D eigenvalue weighted by atomic mass is 16.5. The summed E-state index contributed by atoms with van der Waals surface area (Å²) in [5.74, 6) is 2.21. The lowest BCUT2D eigenvalue weighted by Crippen LogP contribution is -2.49. The zero-order valence-corrected chi connectivity index (χ0v) is 11.8. The summed E-state index contributed by atoms with van der Waals surface area (Å²) in [6.45, 7) is 8.53. The average Bonchev–Trinajstić information content (AvgIpc) is 2.37. The topological polar surface area (TPSA) is 73.5 Å². The molecule has 1 aliphatic heterocycles. The van der Waals surface area contributed by atoms with Crippen molar-refractivity contribution in [2.45, 2.75) is 33.0 Å². The molecule has 2 unspecified atom stereocenters. The van der Waals surface area contributed by atoms with Gasteiger partial charge in [-0.15, -0.1) is 0 Å². The first kappa shape index (κ1) is 14.0. The Bertz CT molecular complexity index is 427. The first-order valence-electron chi connectivity index (χ1n) is 6.71. The van der Waals surface area contributed by atoms with Crippen LogP contribution in [0.1, 0.15) is 19.7 Å². The standard InChI is InChI=1S/C13H22N4O2/c1-4-18-13-5-12(15-10(3)16-13)17-7-9(2)19-11(6-14)8-17/h5,9,11H,4,6-8,14H2,1-3H3. The number of nitrogens with two attached hydrogens (primary N) is 1. The fraction of sp³-hybridized carbons (Fsp3) is 0.692. The van der Waals surface area contributed by atoms with Crippen LogP contribution in [0.4, 0.5) is 5.82 Å². The maximum atomic E-state index is 5.75. The Morgan fingerprint density at radius 1 is 1.47 bits per heavy atom. The zero-order valence-electron chi connectivity index (χ0n) is 11.8. The van der Waals surface area contributed by atoms with Crippen LogP contribution in [0.5, 0.6) is 5.88 Å². The molecule has 106 valence electrons. The molecule has 1 aromatic rings. The molecular weight excluding hydrogens is 244 g/mol. The van der Waals surface area contributed by atoms with Crippen LogP contribution in [-0.4, -0.2) is 48.4 Å². The van der Waals surface area contributed by atoms with E-state index in [4.69, 9.17) is 15.2 Å². The summed E-state index contributed by atoms with van der Waals surface area (Å²) >= 11 is 0. The van der Waals surface area contributed by atoms with E-state index in [1.807, 2.05) is 26.8 Å². The van der Waals surface area contributed by atoms with Crippen molar-refractivity contribution >= 4 is 5.82 Å². The van der Waals surface area contributed by atoms with Crippen molar-refractivity contribution in [2.75, 3.05) is 31.1 Å². The molecule has 6 nitrogen and oxygen atoms in total. The molecule has 2 N–H and O–H groups in total. The number of rotatable bonds is 4. The normalized spacial score (nSPS) is 23.5. The van der Waals surface area contributed by atoms with Gasteiger partial charge in [-0.3, -0.25) is 0 Å². The molecule has 6 heteroatoms. The lowest BCUT2D eigenvalue weighted by atomic mass is 10.2. The van der Waals surface area contributed by atoms with Gasteiger partial charge in [0.25, 0.3) is 0 Å². The van der Waals surface area contributed by atoms with Crippen molar-refractivity contribution < 1.29 is 9.47 Å². The predicted octanol–water partition coefficient (Wildman–Crippen LogP) is 0.736. The average molecular weight is 266 g/mol. The van der Waals surface area contributed by atoms with E-state index in [2.05, 4.69) is 14.9 Å². The van der Waals surface area contributed by atoms with Gasteiger partial charge in [0.2, 0.25) is 5.88 Å². The van der Waals surface area contributed by atoms with Gasteiger partial charge < -0.3 is 20.1 Å². The Kier molecular flexibility index (Phi) is 4.55. The van der Waals surface area contributed by atoms with Gasteiger partial charge in [-0.05, 0) is 20.8 Å². The SMILES string of the molecule is CCOc1cc(N2CC(C)OC(CN)C2)nc(C)n1. The second kappa shape index (κ2) is 6.16. The lowest BCUT2D eigenvalue weighted by molar-refractivity contribution is -0.0107. The van der Waals surface area contributed by atoms with E-state index in [-0.39, 0.29) is 12.2 Å². The Morgan fingerprint density at radius 3 is 2.95 bits per heavy atom. The molecule has 2 heterocycles. The van der Waals surface area contributed by atoms with E-state index in [0.717, 1.165) is 18.9 Å². The highest BCUT2D eigenvalue weighted by Crippen LogP contribution is 2.21. The highest BCUT2D eigenvalue weighted by molar-refractivity contribution is 5.42. The highest BCUT2D eigenvalue weighted by Gasteiger charge is 2.25. The van der Waals surface area contributed by atoms with E-state index in [1.54, 1.807) is 0 Å². The van der Waals surface area contributed by atoms with E-state index in [0.29, 0.717) is 24.9 Å². The van der Waals surface area contributed by atoms with E-state index < -0.39 is 0 Å². The Hall–Kier alpha value is -1.40. The number of hydrogen-bond acceptors (Lipinski definition) is 6. The molecular formula is C13H22N4O2. The summed E-state index contributed by atoms with van der Waals surface area (Å²) in [5.41, 5.74) is 5.70. The molecule has 0 spiro atoms. The third-order valence-corrected chi connectivity index (χ3v) is 3.01. The van der Waals surface area contributed by atoms with Crippen LogP contribution in [0.25, 0.3) is 0 Å². The fourth-order valence-corrected chi connectivity index (χ4v) is 2.27. The van der Waals surface area contributed by atoms with Gasteiger partial charge in [-0.25, -0.2) is 4.98 Å². The number of morpholine rings is 1. The Balaban J connectivity index is 2.20. The molecule has 0 saturated carbocycles. The van der Waals surface area contributed by atoms with E-state index in [1.165, 1.54) is 0 Å². The first-order valence-corrected chi connectivity index (χ1v) is 6.71. The number of hydrogen-bond donors (Lipinski definition) is 1. The van der Waals surface area contributed by atoms with Gasteiger partial charge >= 0.3 is 0 Å². The monoisotopic (exact) mass is 266 g/mol. The molecule has 1 aliphatic rings. The largest absolute Gasteiger partial charge is 0.478 e. The lowest BCUT2D eigenvalue weighted by Gasteiger charge is -2.37.